The van der Waals surface area contributed by atoms with Crippen molar-refractivity contribution in [1.82, 2.24) is 0 Å². The van der Waals surface area contributed by atoms with Crippen molar-refractivity contribution in [1.29, 1.82) is 0 Å². The molecule has 3 heteroatoms. The van der Waals surface area contributed by atoms with Crippen molar-refractivity contribution in [2.24, 2.45) is 16.7 Å². The van der Waals surface area contributed by atoms with Crippen molar-refractivity contribution in [3.63, 3.8) is 0 Å². The van der Waals surface area contributed by atoms with Gasteiger partial charge in [-0.05, 0) is 48.3 Å². The van der Waals surface area contributed by atoms with Crippen molar-refractivity contribution in [2.75, 3.05) is 13.9 Å². The van der Waals surface area contributed by atoms with Gasteiger partial charge in [-0.2, -0.15) is 0 Å². The predicted octanol–water partition coefficient (Wildman–Crippen LogP) is 6.83. The van der Waals surface area contributed by atoms with Gasteiger partial charge >= 0.3 is 0 Å². The van der Waals surface area contributed by atoms with Gasteiger partial charge in [0.15, 0.2) is 11.5 Å². The summed E-state index contributed by atoms with van der Waals surface area (Å²) < 4.78 is 18.2. The van der Waals surface area contributed by atoms with E-state index in [4.69, 9.17) is 14.2 Å². The normalized spacial score (nSPS) is 33.8. The Morgan fingerprint density at radius 3 is 2.45 bits per heavy atom. The molecule has 0 spiro atoms. The van der Waals surface area contributed by atoms with E-state index in [0.717, 1.165) is 28.7 Å². The van der Waals surface area contributed by atoms with Crippen LogP contribution in [0.3, 0.4) is 0 Å². The molecular formula is C26H36O3. The van der Waals surface area contributed by atoms with Crippen LogP contribution in [0.25, 0.3) is 6.08 Å². The Morgan fingerprint density at radius 1 is 1.03 bits per heavy atom. The van der Waals surface area contributed by atoms with Gasteiger partial charge in [0.25, 0.3) is 0 Å². The average Bonchev–Trinajstić information content (AvgIpc) is 3.22. The van der Waals surface area contributed by atoms with Crippen molar-refractivity contribution in [2.45, 2.75) is 85.0 Å². The predicted molar refractivity (Wildman–Crippen MR) is 117 cm³/mol. The number of hydrogen-bond donors (Lipinski definition) is 0. The highest BCUT2D eigenvalue weighted by atomic mass is 16.7. The highest BCUT2D eigenvalue weighted by Gasteiger charge is 2.59. The minimum atomic E-state index is 0.00851. The molecule has 0 bridgehead atoms. The lowest BCUT2D eigenvalue weighted by molar-refractivity contribution is -0.0104. The zero-order valence-electron chi connectivity index (χ0n) is 19.2. The molecular weight excluding hydrogens is 360 g/mol. The Bertz CT molecular complexity index is 909. The average molecular weight is 397 g/mol. The lowest BCUT2D eigenvalue weighted by Crippen LogP contribution is -2.50. The van der Waals surface area contributed by atoms with Crippen LogP contribution in [0.2, 0.25) is 0 Å². The first-order valence-electron chi connectivity index (χ1n) is 11.4. The molecule has 29 heavy (non-hydrogen) atoms. The third kappa shape index (κ3) is 2.31. The summed E-state index contributed by atoms with van der Waals surface area (Å²) in [4.78, 5) is 0. The van der Waals surface area contributed by atoms with Crippen LogP contribution in [0.1, 0.15) is 96.3 Å². The molecule has 3 aliphatic carbocycles. The summed E-state index contributed by atoms with van der Waals surface area (Å²) in [5.74, 6) is 3.95. The van der Waals surface area contributed by atoms with E-state index in [2.05, 4.69) is 47.6 Å². The van der Waals surface area contributed by atoms with Crippen molar-refractivity contribution in [3.8, 4) is 17.2 Å². The maximum absolute atomic E-state index is 6.14. The van der Waals surface area contributed by atoms with Crippen molar-refractivity contribution >= 4 is 6.08 Å². The third-order valence-corrected chi connectivity index (χ3v) is 8.84. The van der Waals surface area contributed by atoms with E-state index in [-0.39, 0.29) is 10.8 Å². The molecule has 0 aromatic heterocycles. The molecule has 3 nitrogen and oxygen atoms in total. The van der Waals surface area contributed by atoms with Crippen LogP contribution >= 0.6 is 0 Å². The molecule has 0 radical (unpaired) electrons. The monoisotopic (exact) mass is 396 g/mol. The molecule has 1 aromatic carbocycles. The molecule has 4 aliphatic rings. The maximum Gasteiger partial charge on any atom is 0.231 e. The highest BCUT2D eigenvalue weighted by Crippen LogP contribution is 2.69. The van der Waals surface area contributed by atoms with Crippen LogP contribution in [-0.4, -0.2) is 13.9 Å². The Balaban J connectivity index is 1.77. The van der Waals surface area contributed by atoms with Gasteiger partial charge in [-0.15, -0.1) is 0 Å². The first-order valence-corrected chi connectivity index (χ1v) is 11.4. The standard InChI is InChI=1S/C26H36O3/c1-15(2)19-21(27-7)16-13-18-25(5)11-8-10-24(3,4)17(25)9-12-26(18,6)20(16)23-22(19)28-14-29-23/h13,15,17H,8-12,14H2,1-7H3/t17-,25-,26+/m0/s1. The van der Waals surface area contributed by atoms with Crippen LogP contribution in [0.5, 0.6) is 17.2 Å². The Hall–Kier alpha value is -1.64. The molecule has 2 fully saturated rings. The number of methoxy groups -OCH3 is 1. The highest BCUT2D eigenvalue weighted by molar-refractivity contribution is 5.83. The number of allylic oxidation sites excluding steroid dienone is 1. The van der Waals surface area contributed by atoms with Crippen LogP contribution in [-0.2, 0) is 5.41 Å². The molecule has 5 rings (SSSR count). The van der Waals surface area contributed by atoms with Gasteiger partial charge in [0.05, 0.1) is 7.11 Å². The second kappa shape index (κ2) is 5.95. The summed E-state index contributed by atoms with van der Waals surface area (Å²) in [6.45, 7) is 14.7. The molecule has 158 valence electrons. The lowest BCUT2D eigenvalue weighted by atomic mass is 9.46. The van der Waals surface area contributed by atoms with Gasteiger partial charge in [-0.1, -0.05) is 59.6 Å². The van der Waals surface area contributed by atoms with E-state index in [1.165, 1.54) is 43.2 Å². The topological polar surface area (TPSA) is 27.7 Å². The first kappa shape index (κ1) is 19.3. The molecule has 1 heterocycles. The summed E-state index contributed by atoms with van der Waals surface area (Å²) in [6, 6.07) is 0. The van der Waals surface area contributed by atoms with E-state index >= 15 is 0 Å². The minimum absolute atomic E-state index is 0.00851. The largest absolute Gasteiger partial charge is 0.496 e. The number of benzene rings is 1. The summed E-state index contributed by atoms with van der Waals surface area (Å²) in [5, 5.41) is 0. The van der Waals surface area contributed by atoms with Crippen LogP contribution in [0.4, 0.5) is 0 Å². The quantitative estimate of drug-likeness (QED) is 0.548. The van der Waals surface area contributed by atoms with Crippen molar-refractivity contribution < 1.29 is 14.2 Å². The lowest BCUT2D eigenvalue weighted by Gasteiger charge is -2.58. The van der Waals surface area contributed by atoms with Gasteiger partial charge in [-0.25, -0.2) is 0 Å². The Morgan fingerprint density at radius 2 is 1.76 bits per heavy atom. The molecule has 0 amide bonds. The summed E-state index contributed by atoms with van der Waals surface area (Å²) in [6.07, 6.45) is 8.90. The van der Waals surface area contributed by atoms with E-state index in [0.29, 0.717) is 18.1 Å². The fourth-order valence-corrected chi connectivity index (χ4v) is 7.66. The number of ether oxygens (including phenoxy) is 3. The molecule has 1 aliphatic heterocycles. The summed E-state index contributed by atoms with van der Waals surface area (Å²) in [7, 11) is 1.81. The molecule has 0 unspecified atom stereocenters. The Labute approximate surface area is 175 Å². The summed E-state index contributed by atoms with van der Waals surface area (Å²) in [5.41, 5.74) is 5.99. The van der Waals surface area contributed by atoms with E-state index in [9.17, 15) is 0 Å². The smallest absolute Gasteiger partial charge is 0.231 e. The Kier molecular flexibility index (Phi) is 3.97. The van der Waals surface area contributed by atoms with Crippen LogP contribution in [0, 0.1) is 16.7 Å². The molecule has 1 aromatic rings. The second-order valence-electron chi connectivity index (χ2n) is 11.2. The van der Waals surface area contributed by atoms with E-state index in [1.54, 1.807) is 12.7 Å². The van der Waals surface area contributed by atoms with Gasteiger partial charge in [0, 0.05) is 22.1 Å². The van der Waals surface area contributed by atoms with Crippen molar-refractivity contribution in [3.05, 3.63) is 22.3 Å². The molecule has 0 N–H and O–H groups in total. The van der Waals surface area contributed by atoms with Crippen LogP contribution in [0.15, 0.2) is 5.57 Å². The fourth-order valence-electron chi connectivity index (χ4n) is 7.66. The minimum Gasteiger partial charge on any atom is -0.496 e. The van der Waals surface area contributed by atoms with Crippen LogP contribution < -0.4 is 14.2 Å². The van der Waals surface area contributed by atoms with Gasteiger partial charge < -0.3 is 14.2 Å². The second-order valence-corrected chi connectivity index (χ2v) is 11.2. The van der Waals surface area contributed by atoms with Gasteiger partial charge in [0.1, 0.15) is 5.75 Å². The molecule has 0 saturated heterocycles. The van der Waals surface area contributed by atoms with E-state index < -0.39 is 0 Å². The molecule has 2 saturated carbocycles. The fraction of sp³-hybridized carbons (Fsp3) is 0.692. The SMILES string of the molecule is COc1c2c(c3c(c1C(C)C)OCO3)[C@]1(C)CC[C@H]3C(C)(C)CCC[C@]3(C)C1=C2. The number of rotatable bonds is 2. The van der Waals surface area contributed by atoms with E-state index in [1.807, 2.05) is 0 Å². The van der Waals surface area contributed by atoms with Gasteiger partial charge in [-0.3, -0.25) is 0 Å². The number of hydrogen-bond acceptors (Lipinski definition) is 3. The number of fused-ring (bicyclic) bond motifs is 7. The maximum atomic E-state index is 6.14. The zero-order chi connectivity index (χ0) is 20.8. The first-order chi connectivity index (χ1) is 13.6. The summed E-state index contributed by atoms with van der Waals surface area (Å²) >= 11 is 0. The van der Waals surface area contributed by atoms with Gasteiger partial charge in [0.2, 0.25) is 6.79 Å². The molecule has 3 atom stereocenters. The third-order valence-electron chi connectivity index (χ3n) is 8.84. The zero-order valence-corrected chi connectivity index (χ0v) is 19.2.